The zero-order valence-corrected chi connectivity index (χ0v) is 15.9. The number of nitroso groups, excluding NO2 is 1. The van der Waals surface area contributed by atoms with E-state index in [1.165, 1.54) is 0 Å². The van der Waals surface area contributed by atoms with Gasteiger partial charge >= 0.3 is 6.09 Å². The SMILES string of the molecule is COC(CCCCNC(=O)OCCN(CCO)c1ccc(N=O)cc1)OC. The second kappa shape index (κ2) is 13.9. The average Bonchev–Trinajstić information content (AvgIpc) is 2.70. The van der Waals surface area contributed by atoms with Crippen LogP contribution in [0.2, 0.25) is 0 Å². The van der Waals surface area contributed by atoms with Crippen LogP contribution >= 0.6 is 0 Å². The van der Waals surface area contributed by atoms with E-state index >= 15 is 0 Å². The van der Waals surface area contributed by atoms with Crippen LogP contribution in [-0.2, 0) is 14.2 Å². The lowest BCUT2D eigenvalue weighted by atomic mass is 10.2. The Labute approximate surface area is 159 Å². The Balaban J connectivity index is 2.25. The third-order valence-electron chi connectivity index (χ3n) is 3.95. The molecule has 0 radical (unpaired) electrons. The maximum Gasteiger partial charge on any atom is 0.407 e. The fourth-order valence-electron chi connectivity index (χ4n) is 2.47. The maximum atomic E-state index is 11.7. The highest BCUT2D eigenvalue weighted by Gasteiger charge is 2.09. The molecule has 1 rings (SSSR count). The molecule has 0 spiro atoms. The largest absolute Gasteiger partial charge is 0.448 e. The van der Waals surface area contributed by atoms with Gasteiger partial charge in [0.15, 0.2) is 6.29 Å². The van der Waals surface area contributed by atoms with E-state index in [0.29, 0.717) is 25.3 Å². The Kier molecular flexibility index (Phi) is 11.7. The summed E-state index contributed by atoms with van der Waals surface area (Å²) in [6.07, 6.45) is 1.73. The first-order valence-electron chi connectivity index (χ1n) is 8.90. The molecule has 9 heteroatoms. The molecule has 152 valence electrons. The van der Waals surface area contributed by atoms with Gasteiger partial charge in [-0.3, -0.25) is 0 Å². The number of aliphatic hydroxyl groups excluding tert-OH is 1. The first-order chi connectivity index (χ1) is 13.1. The second-order valence-electron chi connectivity index (χ2n) is 5.78. The Hall–Kier alpha value is -2.23. The highest BCUT2D eigenvalue weighted by molar-refractivity contribution is 5.67. The van der Waals surface area contributed by atoms with Crippen LogP contribution in [0.4, 0.5) is 16.2 Å². The highest BCUT2D eigenvalue weighted by atomic mass is 16.7. The molecule has 0 aliphatic carbocycles. The minimum Gasteiger partial charge on any atom is -0.448 e. The van der Waals surface area contributed by atoms with Crippen molar-refractivity contribution in [2.45, 2.75) is 25.6 Å². The van der Waals surface area contributed by atoms with E-state index in [9.17, 15) is 14.8 Å². The monoisotopic (exact) mass is 383 g/mol. The summed E-state index contributed by atoms with van der Waals surface area (Å²) in [4.78, 5) is 24.0. The molecule has 0 aliphatic heterocycles. The predicted molar refractivity (Wildman–Crippen MR) is 102 cm³/mol. The van der Waals surface area contributed by atoms with E-state index in [-0.39, 0.29) is 19.5 Å². The molecule has 0 atom stereocenters. The van der Waals surface area contributed by atoms with Crippen molar-refractivity contribution in [1.29, 1.82) is 0 Å². The average molecular weight is 383 g/mol. The Bertz CT molecular complexity index is 536. The first-order valence-corrected chi connectivity index (χ1v) is 8.90. The normalized spacial score (nSPS) is 10.7. The quantitative estimate of drug-likeness (QED) is 0.288. The number of unbranched alkanes of at least 4 members (excludes halogenated alkanes) is 1. The summed E-state index contributed by atoms with van der Waals surface area (Å²) in [6.45, 7) is 1.46. The van der Waals surface area contributed by atoms with Crippen molar-refractivity contribution in [3.05, 3.63) is 29.2 Å². The van der Waals surface area contributed by atoms with Crippen LogP contribution < -0.4 is 10.2 Å². The van der Waals surface area contributed by atoms with Crippen LogP contribution in [0, 0.1) is 4.91 Å². The lowest BCUT2D eigenvalue weighted by Gasteiger charge is -2.23. The molecule has 0 saturated carbocycles. The summed E-state index contributed by atoms with van der Waals surface area (Å²) < 4.78 is 15.4. The number of hydrogen-bond donors (Lipinski definition) is 2. The summed E-state index contributed by atoms with van der Waals surface area (Å²) in [6, 6.07) is 6.66. The molecule has 0 saturated heterocycles. The molecule has 0 unspecified atom stereocenters. The van der Waals surface area contributed by atoms with E-state index < -0.39 is 6.09 Å². The molecule has 0 heterocycles. The number of rotatable bonds is 14. The number of carbonyl (C=O) groups excluding carboxylic acids is 1. The summed E-state index contributed by atoms with van der Waals surface area (Å²) in [5.41, 5.74) is 1.15. The van der Waals surface area contributed by atoms with Gasteiger partial charge in [-0.15, -0.1) is 4.91 Å². The summed E-state index contributed by atoms with van der Waals surface area (Å²) >= 11 is 0. The zero-order chi connectivity index (χ0) is 19.9. The predicted octanol–water partition coefficient (Wildman–Crippen LogP) is 2.40. The number of alkyl carbamates (subject to hydrolysis) is 1. The van der Waals surface area contributed by atoms with Gasteiger partial charge in [0.2, 0.25) is 0 Å². The van der Waals surface area contributed by atoms with Gasteiger partial charge < -0.3 is 29.5 Å². The van der Waals surface area contributed by atoms with E-state index in [4.69, 9.17) is 14.2 Å². The lowest BCUT2D eigenvalue weighted by molar-refractivity contribution is -0.107. The van der Waals surface area contributed by atoms with Crippen LogP contribution in [0.5, 0.6) is 0 Å². The number of anilines is 1. The minimum atomic E-state index is -0.477. The number of amides is 1. The number of nitrogens with zero attached hydrogens (tertiary/aromatic N) is 2. The molecule has 2 N–H and O–H groups in total. The number of carbonyl (C=O) groups is 1. The third-order valence-corrected chi connectivity index (χ3v) is 3.95. The lowest BCUT2D eigenvalue weighted by Crippen LogP contribution is -2.33. The number of methoxy groups -OCH3 is 2. The van der Waals surface area contributed by atoms with Gasteiger partial charge in [0.1, 0.15) is 12.3 Å². The highest BCUT2D eigenvalue weighted by Crippen LogP contribution is 2.19. The van der Waals surface area contributed by atoms with Crippen LogP contribution in [0.3, 0.4) is 0 Å². The zero-order valence-electron chi connectivity index (χ0n) is 15.9. The Morgan fingerprint density at radius 3 is 2.48 bits per heavy atom. The van der Waals surface area contributed by atoms with Crippen LogP contribution in [0.15, 0.2) is 29.4 Å². The topological polar surface area (TPSA) is 110 Å². The van der Waals surface area contributed by atoms with E-state index in [0.717, 1.165) is 24.9 Å². The molecule has 0 aliphatic rings. The van der Waals surface area contributed by atoms with E-state index in [1.807, 2.05) is 4.90 Å². The van der Waals surface area contributed by atoms with Gasteiger partial charge in [-0.05, 0) is 48.7 Å². The number of aliphatic hydroxyl groups is 1. The summed E-state index contributed by atoms with van der Waals surface area (Å²) in [5.74, 6) is 0. The molecule has 1 amide bonds. The van der Waals surface area contributed by atoms with Crippen molar-refractivity contribution >= 4 is 17.5 Å². The Morgan fingerprint density at radius 1 is 1.19 bits per heavy atom. The van der Waals surface area contributed by atoms with Gasteiger partial charge in [-0.25, -0.2) is 4.79 Å². The third kappa shape index (κ3) is 9.32. The molecule has 0 aromatic heterocycles. The van der Waals surface area contributed by atoms with Gasteiger partial charge in [-0.1, -0.05) is 0 Å². The molecular formula is C18H29N3O6. The van der Waals surface area contributed by atoms with Crippen LogP contribution in [-0.4, -0.2) is 64.6 Å². The minimum absolute atomic E-state index is 0.0379. The smallest absolute Gasteiger partial charge is 0.407 e. The van der Waals surface area contributed by atoms with Gasteiger partial charge in [0.25, 0.3) is 0 Å². The number of hydrogen-bond acceptors (Lipinski definition) is 8. The number of benzene rings is 1. The van der Waals surface area contributed by atoms with E-state index in [1.54, 1.807) is 38.5 Å². The van der Waals surface area contributed by atoms with Crippen molar-refractivity contribution < 1.29 is 24.1 Å². The second-order valence-corrected chi connectivity index (χ2v) is 5.78. The van der Waals surface area contributed by atoms with Gasteiger partial charge in [-0.2, -0.15) is 0 Å². The molecule has 9 nitrogen and oxygen atoms in total. The fraction of sp³-hybridized carbons (Fsp3) is 0.611. The standard InChI is InChI=1S/C18H29N3O6/c1-25-17(26-2)5-3-4-10-19-18(23)27-14-12-21(11-13-22)16-8-6-15(20-24)7-9-16/h6-9,17,22H,3-5,10-14H2,1-2H3,(H,19,23). The van der Waals surface area contributed by atoms with Crippen LogP contribution in [0.1, 0.15) is 19.3 Å². The summed E-state index contributed by atoms with van der Waals surface area (Å²) in [5, 5.41) is 14.7. The Morgan fingerprint density at radius 2 is 1.89 bits per heavy atom. The van der Waals surface area contributed by atoms with Crippen molar-refractivity contribution in [1.82, 2.24) is 5.32 Å². The molecule has 1 aromatic rings. The van der Waals surface area contributed by atoms with E-state index in [2.05, 4.69) is 10.5 Å². The number of nitrogens with one attached hydrogen (secondary N) is 1. The summed E-state index contributed by atoms with van der Waals surface area (Å²) in [7, 11) is 3.19. The molecule has 0 bridgehead atoms. The van der Waals surface area contributed by atoms with Crippen molar-refractivity contribution in [3.8, 4) is 0 Å². The maximum absolute atomic E-state index is 11.7. The molecular weight excluding hydrogens is 354 g/mol. The van der Waals surface area contributed by atoms with Crippen molar-refractivity contribution in [2.75, 3.05) is 52.0 Å². The van der Waals surface area contributed by atoms with Gasteiger partial charge in [0, 0.05) is 33.0 Å². The molecule has 0 fully saturated rings. The number of ether oxygens (including phenoxy) is 3. The molecule has 1 aromatic carbocycles. The van der Waals surface area contributed by atoms with Crippen LogP contribution in [0.25, 0.3) is 0 Å². The van der Waals surface area contributed by atoms with Crippen molar-refractivity contribution in [3.63, 3.8) is 0 Å². The van der Waals surface area contributed by atoms with Gasteiger partial charge in [0.05, 0.1) is 13.2 Å². The van der Waals surface area contributed by atoms with Crippen molar-refractivity contribution in [2.24, 2.45) is 5.18 Å². The fourth-order valence-corrected chi connectivity index (χ4v) is 2.47. The first kappa shape index (κ1) is 22.8. The molecule has 27 heavy (non-hydrogen) atoms.